The third-order valence-electron chi connectivity index (χ3n) is 5.08. The maximum Gasteiger partial charge on any atom is 0.228 e. The number of aromatic nitrogens is 3. The zero-order chi connectivity index (χ0) is 19.8. The van der Waals surface area contributed by atoms with Crippen LogP contribution >= 0.6 is 0 Å². The zero-order valence-corrected chi connectivity index (χ0v) is 16.0. The molecule has 5 aromatic rings. The Kier molecular flexibility index (Phi) is 4.13. The van der Waals surface area contributed by atoms with Crippen LogP contribution in [0.15, 0.2) is 79.3 Å². The molecule has 5 rings (SSSR count). The molecule has 0 atom stereocenters. The van der Waals surface area contributed by atoms with Gasteiger partial charge >= 0.3 is 0 Å². The van der Waals surface area contributed by atoms with Crippen LogP contribution in [0.25, 0.3) is 27.8 Å². The molecule has 2 aromatic carbocycles. The van der Waals surface area contributed by atoms with Gasteiger partial charge in [0.1, 0.15) is 5.65 Å². The van der Waals surface area contributed by atoms with Gasteiger partial charge in [0.15, 0.2) is 0 Å². The van der Waals surface area contributed by atoms with Crippen molar-refractivity contribution in [3.63, 3.8) is 0 Å². The minimum Gasteiger partial charge on any atom is -0.361 e. The normalized spacial score (nSPS) is 11.2. The van der Waals surface area contributed by atoms with Crippen LogP contribution in [0, 0.1) is 6.92 Å². The Labute approximate surface area is 168 Å². The summed E-state index contributed by atoms with van der Waals surface area (Å²) in [6.45, 7) is 2.05. The third-order valence-corrected chi connectivity index (χ3v) is 5.08. The number of carbonyl (C=O) groups is 1. The smallest absolute Gasteiger partial charge is 0.228 e. The molecule has 0 bridgehead atoms. The summed E-state index contributed by atoms with van der Waals surface area (Å²) in [7, 11) is 0. The summed E-state index contributed by atoms with van der Waals surface area (Å²) in [5.41, 5.74) is 6.73. The van der Waals surface area contributed by atoms with Crippen LogP contribution in [0.5, 0.6) is 0 Å². The van der Waals surface area contributed by atoms with E-state index < -0.39 is 0 Å². The molecule has 0 aliphatic heterocycles. The standard InChI is InChI=1S/C24H20N4O/c1-16-9-10-28-15-22(27-23(28)11-16)17-5-4-6-19(12-17)26-24(29)13-18-14-25-21-8-3-2-7-20(18)21/h2-12,14-15,25H,13H2,1H3,(H,26,29). The third kappa shape index (κ3) is 3.38. The Balaban J connectivity index is 1.37. The summed E-state index contributed by atoms with van der Waals surface area (Å²) in [4.78, 5) is 20.5. The van der Waals surface area contributed by atoms with E-state index in [-0.39, 0.29) is 5.91 Å². The summed E-state index contributed by atoms with van der Waals surface area (Å²) in [6.07, 6.45) is 6.23. The van der Waals surface area contributed by atoms with Crippen molar-refractivity contribution in [3.8, 4) is 11.3 Å². The van der Waals surface area contributed by atoms with Crippen LogP contribution in [0.2, 0.25) is 0 Å². The number of aromatic amines is 1. The van der Waals surface area contributed by atoms with Crippen LogP contribution < -0.4 is 5.32 Å². The van der Waals surface area contributed by atoms with E-state index in [0.717, 1.165) is 39.1 Å². The van der Waals surface area contributed by atoms with Crippen LogP contribution in [0.4, 0.5) is 5.69 Å². The number of fused-ring (bicyclic) bond motifs is 2. The zero-order valence-electron chi connectivity index (χ0n) is 16.0. The highest BCUT2D eigenvalue weighted by Crippen LogP contribution is 2.23. The summed E-state index contributed by atoms with van der Waals surface area (Å²) < 4.78 is 2.00. The molecule has 29 heavy (non-hydrogen) atoms. The van der Waals surface area contributed by atoms with Gasteiger partial charge in [-0.25, -0.2) is 4.98 Å². The molecule has 0 fully saturated rings. The highest BCUT2D eigenvalue weighted by Gasteiger charge is 2.10. The number of rotatable bonds is 4. The molecule has 0 aliphatic rings. The van der Waals surface area contributed by atoms with E-state index in [1.165, 1.54) is 5.56 Å². The molecule has 142 valence electrons. The maximum atomic E-state index is 12.6. The Bertz CT molecular complexity index is 1350. The van der Waals surface area contributed by atoms with Crippen molar-refractivity contribution < 1.29 is 4.79 Å². The Morgan fingerprint density at radius 3 is 2.93 bits per heavy atom. The van der Waals surface area contributed by atoms with Crippen molar-refractivity contribution in [2.24, 2.45) is 0 Å². The van der Waals surface area contributed by atoms with E-state index in [0.29, 0.717) is 6.42 Å². The number of anilines is 1. The number of carbonyl (C=O) groups excluding carboxylic acids is 1. The van der Waals surface area contributed by atoms with Gasteiger partial charge < -0.3 is 14.7 Å². The van der Waals surface area contributed by atoms with E-state index >= 15 is 0 Å². The predicted octanol–water partition coefficient (Wildman–Crippen LogP) is 4.97. The number of imidazole rings is 1. The molecule has 2 N–H and O–H groups in total. The Morgan fingerprint density at radius 1 is 1.10 bits per heavy atom. The second-order valence-electron chi connectivity index (χ2n) is 7.26. The van der Waals surface area contributed by atoms with Gasteiger partial charge in [0.2, 0.25) is 5.91 Å². The lowest BCUT2D eigenvalue weighted by molar-refractivity contribution is -0.115. The van der Waals surface area contributed by atoms with Crippen LogP contribution in [0.3, 0.4) is 0 Å². The SMILES string of the molecule is Cc1ccn2cc(-c3cccc(NC(=O)Cc4c[nH]c5ccccc45)c3)nc2c1. The van der Waals surface area contributed by atoms with E-state index in [4.69, 9.17) is 4.98 Å². The molecule has 0 radical (unpaired) electrons. The number of pyridine rings is 1. The van der Waals surface area contributed by atoms with Crippen molar-refractivity contribution in [3.05, 3.63) is 90.4 Å². The number of hydrogen-bond donors (Lipinski definition) is 2. The minimum absolute atomic E-state index is 0.0440. The molecule has 5 heteroatoms. The Morgan fingerprint density at radius 2 is 2.00 bits per heavy atom. The fraction of sp³-hybridized carbons (Fsp3) is 0.0833. The van der Waals surface area contributed by atoms with Gasteiger partial charge in [-0.2, -0.15) is 0 Å². The van der Waals surface area contributed by atoms with E-state index in [9.17, 15) is 4.79 Å². The van der Waals surface area contributed by atoms with Gasteiger partial charge in [-0.15, -0.1) is 0 Å². The molecule has 0 aliphatic carbocycles. The van der Waals surface area contributed by atoms with Gasteiger partial charge in [-0.3, -0.25) is 4.79 Å². The molecule has 3 heterocycles. The average molecular weight is 380 g/mol. The van der Waals surface area contributed by atoms with Crippen molar-refractivity contribution in [1.29, 1.82) is 0 Å². The van der Waals surface area contributed by atoms with Crippen molar-refractivity contribution in [1.82, 2.24) is 14.4 Å². The molecule has 0 unspecified atom stereocenters. The van der Waals surface area contributed by atoms with E-state index in [2.05, 4.69) is 29.4 Å². The second kappa shape index (κ2) is 6.95. The number of para-hydroxylation sites is 1. The van der Waals surface area contributed by atoms with Gasteiger partial charge in [0.25, 0.3) is 0 Å². The van der Waals surface area contributed by atoms with Crippen molar-refractivity contribution in [2.75, 3.05) is 5.32 Å². The average Bonchev–Trinajstić information content (AvgIpc) is 3.32. The number of nitrogens with one attached hydrogen (secondary N) is 2. The molecule has 1 amide bonds. The number of amides is 1. The number of nitrogens with zero attached hydrogens (tertiary/aromatic N) is 2. The summed E-state index contributed by atoms with van der Waals surface area (Å²) >= 11 is 0. The summed E-state index contributed by atoms with van der Waals surface area (Å²) in [6, 6.07) is 19.9. The van der Waals surface area contributed by atoms with E-state index in [1.807, 2.05) is 71.5 Å². The maximum absolute atomic E-state index is 12.6. The van der Waals surface area contributed by atoms with Gasteiger partial charge in [-0.05, 0) is 48.4 Å². The quantitative estimate of drug-likeness (QED) is 0.462. The largest absolute Gasteiger partial charge is 0.361 e. The lowest BCUT2D eigenvalue weighted by Crippen LogP contribution is -2.14. The first-order valence-electron chi connectivity index (χ1n) is 9.56. The van der Waals surface area contributed by atoms with Gasteiger partial charge in [-0.1, -0.05) is 30.3 Å². The van der Waals surface area contributed by atoms with Crippen LogP contribution in [-0.4, -0.2) is 20.3 Å². The van der Waals surface area contributed by atoms with Crippen molar-refractivity contribution >= 4 is 28.1 Å². The molecule has 0 saturated heterocycles. The first-order chi connectivity index (χ1) is 14.2. The first-order valence-corrected chi connectivity index (χ1v) is 9.56. The number of aryl methyl sites for hydroxylation is 1. The molecule has 0 saturated carbocycles. The van der Waals surface area contributed by atoms with Gasteiger partial charge in [0.05, 0.1) is 12.1 Å². The highest BCUT2D eigenvalue weighted by atomic mass is 16.1. The minimum atomic E-state index is -0.0440. The monoisotopic (exact) mass is 380 g/mol. The number of benzene rings is 2. The van der Waals surface area contributed by atoms with Crippen LogP contribution in [0.1, 0.15) is 11.1 Å². The van der Waals surface area contributed by atoms with Gasteiger partial charge in [0, 0.05) is 40.7 Å². The fourth-order valence-electron chi connectivity index (χ4n) is 3.64. The predicted molar refractivity (Wildman–Crippen MR) is 116 cm³/mol. The van der Waals surface area contributed by atoms with Crippen LogP contribution in [-0.2, 0) is 11.2 Å². The second-order valence-corrected chi connectivity index (χ2v) is 7.26. The molecular weight excluding hydrogens is 360 g/mol. The molecule has 5 nitrogen and oxygen atoms in total. The molecule has 3 aromatic heterocycles. The summed E-state index contributed by atoms with van der Waals surface area (Å²) in [5, 5.41) is 4.09. The lowest BCUT2D eigenvalue weighted by Gasteiger charge is -2.06. The van der Waals surface area contributed by atoms with E-state index in [1.54, 1.807) is 0 Å². The van der Waals surface area contributed by atoms with Crippen molar-refractivity contribution in [2.45, 2.75) is 13.3 Å². The molecule has 0 spiro atoms. The number of H-pyrrole nitrogens is 1. The lowest BCUT2D eigenvalue weighted by atomic mass is 10.1. The fourth-order valence-corrected chi connectivity index (χ4v) is 3.64. The molecular formula is C24H20N4O. The topological polar surface area (TPSA) is 62.2 Å². The first kappa shape index (κ1) is 17.3. The summed E-state index contributed by atoms with van der Waals surface area (Å²) in [5.74, 6) is -0.0440. The number of hydrogen-bond acceptors (Lipinski definition) is 2. The Hall–Kier alpha value is -3.86. The highest BCUT2D eigenvalue weighted by molar-refractivity contribution is 5.96.